The third-order valence-corrected chi connectivity index (χ3v) is 7.40. The summed E-state index contributed by atoms with van der Waals surface area (Å²) in [7, 11) is 0. The van der Waals surface area contributed by atoms with Crippen LogP contribution in [0.5, 0.6) is 0 Å². The summed E-state index contributed by atoms with van der Waals surface area (Å²) in [6.45, 7) is 10.5. The molecule has 8 heteroatoms. The van der Waals surface area contributed by atoms with Crippen LogP contribution in [-0.4, -0.2) is 70.7 Å². The minimum absolute atomic E-state index is 0.0225. The summed E-state index contributed by atoms with van der Waals surface area (Å²) in [5.41, 5.74) is -1.84. The van der Waals surface area contributed by atoms with Crippen molar-refractivity contribution in [3.05, 3.63) is 0 Å². The summed E-state index contributed by atoms with van der Waals surface area (Å²) in [5, 5.41) is 15.7. The maximum Gasteiger partial charge on any atom is 0.245 e. The number of likely N-dealkylation sites (tertiary alicyclic amines) is 1. The van der Waals surface area contributed by atoms with Crippen molar-refractivity contribution in [1.82, 2.24) is 15.5 Å². The van der Waals surface area contributed by atoms with Gasteiger partial charge < -0.3 is 25.4 Å². The van der Waals surface area contributed by atoms with E-state index in [1.807, 2.05) is 27.7 Å². The van der Waals surface area contributed by atoms with Gasteiger partial charge in [-0.15, -0.1) is 0 Å². The van der Waals surface area contributed by atoms with E-state index < -0.39 is 35.1 Å². The number of fused-ring (bicyclic) bond motifs is 1. The number of carbonyl (C=O) groups excluding carboxylic acids is 3. The third kappa shape index (κ3) is 3.23. The fraction of sp³-hybridized carbons (Fsp3) is 0.864. The highest BCUT2D eigenvalue weighted by molar-refractivity contribution is 5.99. The maximum absolute atomic E-state index is 13.6. The SMILES string of the molecule is CCCCNC(=O)C1N([C@H](C)CO)C(=O)[C@@H]2[C@H](C(=O)NCCC)[C@@]3(C)OC12CC3C. The number of aliphatic hydroxyl groups excluding tert-OH is 1. The molecule has 0 radical (unpaired) electrons. The largest absolute Gasteiger partial charge is 0.394 e. The van der Waals surface area contributed by atoms with Crippen molar-refractivity contribution in [3.8, 4) is 0 Å². The van der Waals surface area contributed by atoms with Crippen molar-refractivity contribution in [2.24, 2.45) is 17.8 Å². The van der Waals surface area contributed by atoms with Gasteiger partial charge in [0.25, 0.3) is 0 Å². The van der Waals surface area contributed by atoms with Gasteiger partial charge in [0.2, 0.25) is 17.7 Å². The molecule has 0 aromatic heterocycles. The summed E-state index contributed by atoms with van der Waals surface area (Å²) >= 11 is 0. The van der Waals surface area contributed by atoms with Gasteiger partial charge in [0.15, 0.2) is 0 Å². The van der Waals surface area contributed by atoms with Crippen LogP contribution < -0.4 is 10.6 Å². The fourth-order valence-corrected chi connectivity index (χ4v) is 5.78. The number of rotatable bonds is 9. The number of ether oxygens (including phenoxy) is 1. The molecule has 3 fully saturated rings. The first-order chi connectivity index (χ1) is 14.2. The van der Waals surface area contributed by atoms with Gasteiger partial charge in [-0.3, -0.25) is 14.4 Å². The van der Waals surface area contributed by atoms with Gasteiger partial charge in [0, 0.05) is 13.1 Å². The van der Waals surface area contributed by atoms with Crippen LogP contribution in [-0.2, 0) is 19.1 Å². The van der Waals surface area contributed by atoms with Crippen LogP contribution in [0, 0.1) is 17.8 Å². The minimum atomic E-state index is -1.04. The molecular formula is C22H37N3O5. The molecule has 0 aromatic carbocycles. The van der Waals surface area contributed by atoms with E-state index in [1.54, 1.807) is 6.92 Å². The monoisotopic (exact) mass is 423 g/mol. The molecule has 3 N–H and O–H groups in total. The lowest BCUT2D eigenvalue weighted by Crippen LogP contribution is -2.57. The number of hydrogen-bond acceptors (Lipinski definition) is 5. The third-order valence-electron chi connectivity index (χ3n) is 7.40. The molecule has 0 saturated carbocycles. The van der Waals surface area contributed by atoms with E-state index in [0.717, 1.165) is 19.3 Å². The molecule has 8 nitrogen and oxygen atoms in total. The van der Waals surface area contributed by atoms with Crippen molar-refractivity contribution in [3.63, 3.8) is 0 Å². The molecule has 3 aliphatic rings. The Kier molecular flexibility index (Phi) is 6.49. The Morgan fingerprint density at radius 2 is 1.90 bits per heavy atom. The lowest BCUT2D eigenvalue weighted by atomic mass is 9.62. The quantitative estimate of drug-likeness (QED) is 0.476. The van der Waals surface area contributed by atoms with Crippen LogP contribution in [0.3, 0.4) is 0 Å². The fourth-order valence-electron chi connectivity index (χ4n) is 5.78. The molecule has 3 rings (SSSR count). The van der Waals surface area contributed by atoms with Crippen molar-refractivity contribution in [2.75, 3.05) is 19.7 Å². The van der Waals surface area contributed by atoms with Crippen LogP contribution in [0.15, 0.2) is 0 Å². The molecule has 3 aliphatic heterocycles. The van der Waals surface area contributed by atoms with E-state index in [-0.39, 0.29) is 30.2 Å². The lowest BCUT2D eigenvalue weighted by Gasteiger charge is -2.36. The van der Waals surface area contributed by atoms with Gasteiger partial charge in [-0.05, 0) is 39.0 Å². The van der Waals surface area contributed by atoms with Crippen molar-refractivity contribution in [2.45, 2.75) is 83.6 Å². The van der Waals surface area contributed by atoms with Crippen LogP contribution in [0.1, 0.15) is 60.3 Å². The summed E-state index contributed by atoms with van der Waals surface area (Å²) in [6.07, 6.45) is 3.12. The maximum atomic E-state index is 13.6. The van der Waals surface area contributed by atoms with Crippen LogP contribution in [0.4, 0.5) is 0 Å². The summed E-state index contributed by atoms with van der Waals surface area (Å²) in [4.78, 5) is 41.6. The van der Waals surface area contributed by atoms with Crippen molar-refractivity contribution in [1.29, 1.82) is 0 Å². The zero-order chi connectivity index (χ0) is 22.3. The number of aliphatic hydroxyl groups is 1. The summed E-state index contributed by atoms with van der Waals surface area (Å²) in [6, 6.07) is -1.38. The van der Waals surface area contributed by atoms with E-state index in [1.165, 1.54) is 4.90 Å². The predicted octanol–water partition coefficient (Wildman–Crippen LogP) is 0.820. The van der Waals surface area contributed by atoms with E-state index >= 15 is 0 Å². The lowest BCUT2D eigenvalue weighted by molar-refractivity contribution is -0.150. The van der Waals surface area contributed by atoms with Crippen LogP contribution in [0.2, 0.25) is 0 Å². The van der Waals surface area contributed by atoms with Crippen LogP contribution >= 0.6 is 0 Å². The second-order valence-electron chi connectivity index (χ2n) is 9.42. The van der Waals surface area contributed by atoms with E-state index in [0.29, 0.717) is 19.5 Å². The Hall–Kier alpha value is -1.67. The topological polar surface area (TPSA) is 108 Å². The Morgan fingerprint density at radius 3 is 2.50 bits per heavy atom. The molecule has 30 heavy (non-hydrogen) atoms. The molecule has 3 amide bonds. The van der Waals surface area contributed by atoms with Gasteiger partial charge in [0.05, 0.1) is 30.1 Å². The molecule has 3 heterocycles. The second kappa shape index (κ2) is 8.46. The molecular weight excluding hydrogens is 386 g/mol. The molecule has 7 atom stereocenters. The van der Waals surface area contributed by atoms with E-state index in [2.05, 4.69) is 10.6 Å². The number of nitrogens with zero attached hydrogens (tertiary/aromatic N) is 1. The Bertz CT molecular complexity index is 700. The van der Waals surface area contributed by atoms with Crippen LogP contribution in [0.25, 0.3) is 0 Å². The number of amides is 3. The normalized spacial score (nSPS) is 37.9. The average Bonchev–Trinajstić information content (AvgIpc) is 3.22. The zero-order valence-electron chi connectivity index (χ0n) is 18.9. The Morgan fingerprint density at radius 1 is 1.23 bits per heavy atom. The first-order valence-electron chi connectivity index (χ1n) is 11.4. The standard InChI is InChI=1S/C22H37N3O5/c1-6-8-10-24-19(28)17-22-11-13(3)21(5,30-22)15(18(27)23-9-7-2)16(22)20(29)25(17)14(4)12-26/h13-17,26H,6-12H2,1-5H3,(H,23,27)(H,24,28)/t13?,14-,15-,16+,17?,21+,22?/m1/s1. The number of carbonyl (C=O) groups is 3. The van der Waals surface area contributed by atoms with Crippen molar-refractivity contribution < 1.29 is 24.2 Å². The molecule has 170 valence electrons. The molecule has 3 unspecified atom stereocenters. The Balaban J connectivity index is 2.03. The zero-order valence-corrected chi connectivity index (χ0v) is 18.9. The highest BCUT2D eigenvalue weighted by atomic mass is 16.5. The molecule has 0 aromatic rings. The van der Waals surface area contributed by atoms with Gasteiger partial charge in [-0.2, -0.15) is 0 Å². The smallest absolute Gasteiger partial charge is 0.245 e. The first-order valence-corrected chi connectivity index (χ1v) is 11.4. The molecule has 1 spiro atoms. The van der Waals surface area contributed by atoms with Gasteiger partial charge in [-0.25, -0.2) is 0 Å². The molecule has 2 bridgehead atoms. The highest BCUT2D eigenvalue weighted by Gasteiger charge is 2.80. The van der Waals surface area contributed by atoms with Gasteiger partial charge in [-0.1, -0.05) is 27.2 Å². The van der Waals surface area contributed by atoms with E-state index in [9.17, 15) is 19.5 Å². The molecule has 0 aliphatic carbocycles. The van der Waals surface area contributed by atoms with Gasteiger partial charge in [0.1, 0.15) is 11.6 Å². The second-order valence-corrected chi connectivity index (χ2v) is 9.42. The number of hydrogen-bond donors (Lipinski definition) is 3. The van der Waals surface area contributed by atoms with Gasteiger partial charge >= 0.3 is 0 Å². The first kappa shape index (κ1) is 23.0. The number of unbranched alkanes of at least 4 members (excludes halogenated alkanes) is 1. The van der Waals surface area contributed by atoms with E-state index in [4.69, 9.17) is 4.74 Å². The predicted molar refractivity (Wildman–Crippen MR) is 111 cm³/mol. The molecule has 3 saturated heterocycles. The number of nitrogens with one attached hydrogen (secondary N) is 2. The average molecular weight is 424 g/mol. The highest BCUT2D eigenvalue weighted by Crippen LogP contribution is 2.65. The summed E-state index contributed by atoms with van der Waals surface area (Å²) in [5.74, 6) is -2.05. The minimum Gasteiger partial charge on any atom is -0.394 e. The van der Waals surface area contributed by atoms with Crippen molar-refractivity contribution >= 4 is 17.7 Å². The summed E-state index contributed by atoms with van der Waals surface area (Å²) < 4.78 is 6.57. The Labute approximate surface area is 179 Å².